The number of fused-ring (bicyclic) bond motifs is 1. The SMILES string of the molecule is O=C(Nc1ccc2sccc2c1)c1ccccc1NS(=O)(=O)c1ccccc1. The number of nitrogens with one attached hydrogen (secondary N) is 2. The van der Waals surface area contributed by atoms with E-state index in [-0.39, 0.29) is 22.1 Å². The first-order valence-corrected chi connectivity index (χ1v) is 10.8. The Bertz CT molecular complexity index is 1250. The highest BCUT2D eigenvalue weighted by Crippen LogP contribution is 2.25. The number of anilines is 2. The molecule has 1 amide bonds. The van der Waals surface area contributed by atoms with Crippen LogP contribution < -0.4 is 10.0 Å². The van der Waals surface area contributed by atoms with Gasteiger partial charge in [-0.05, 0) is 59.3 Å². The molecule has 0 radical (unpaired) electrons. The topological polar surface area (TPSA) is 75.3 Å². The lowest BCUT2D eigenvalue weighted by Crippen LogP contribution is -2.18. The monoisotopic (exact) mass is 408 g/mol. The van der Waals surface area contributed by atoms with Crippen LogP contribution in [0.15, 0.2) is 89.1 Å². The van der Waals surface area contributed by atoms with E-state index in [4.69, 9.17) is 0 Å². The first-order chi connectivity index (χ1) is 13.5. The predicted octanol–water partition coefficient (Wildman–Crippen LogP) is 4.95. The van der Waals surface area contributed by atoms with Gasteiger partial charge in [0.2, 0.25) is 0 Å². The zero-order valence-corrected chi connectivity index (χ0v) is 16.3. The molecule has 0 aliphatic carbocycles. The number of rotatable bonds is 5. The zero-order valence-electron chi connectivity index (χ0n) is 14.6. The van der Waals surface area contributed by atoms with Crippen LogP contribution >= 0.6 is 11.3 Å². The lowest BCUT2D eigenvalue weighted by Gasteiger charge is -2.13. The van der Waals surface area contributed by atoms with Crippen molar-refractivity contribution < 1.29 is 13.2 Å². The molecule has 28 heavy (non-hydrogen) atoms. The van der Waals surface area contributed by atoms with E-state index in [9.17, 15) is 13.2 Å². The van der Waals surface area contributed by atoms with Crippen molar-refractivity contribution in [1.29, 1.82) is 0 Å². The van der Waals surface area contributed by atoms with E-state index in [2.05, 4.69) is 10.0 Å². The molecule has 1 heterocycles. The summed E-state index contributed by atoms with van der Waals surface area (Å²) in [5.41, 5.74) is 1.12. The van der Waals surface area contributed by atoms with Crippen molar-refractivity contribution in [2.24, 2.45) is 0 Å². The van der Waals surface area contributed by atoms with Gasteiger partial charge in [0.1, 0.15) is 0 Å². The van der Waals surface area contributed by atoms with Crippen LogP contribution in [0.1, 0.15) is 10.4 Å². The Balaban J connectivity index is 1.61. The second kappa shape index (κ2) is 7.46. The average molecular weight is 409 g/mol. The molecule has 0 unspecified atom stereocenters. The molecule has 4 aromatic rings. The molecule has 0 aliphatic rings. The standard InChI is InChI=1S/C21H16N2O3S2/c24-21(22-16-10-11-20-15(14-16)12-13-27-20)18-8-4-5-9-19(18)23-28(25,26)17-6-2-1-3-7-17/h1-14,23H,(H,22,24). The molecule has 0 fully saturated rings. The van der Waals surface area contributed by atoms with Gasteiger partial charge in [0.25, 0.3) is 15.9 Å². The Morgan fingerprint density at radius 3 is 2.43 bits per heavy atom. The maximum absolute atomic E-state index is 12.8. The van der Waals surface area contributed by atoms with Gasteiger partial charge in [-0.2, -0.15) is 0 Å². The summed E-state index contributed by atoms with van der Waals surface area (Å²) < 4.78 is 28.9. The van der Waals surface area contributed by atoms with Crippen molar-refractivity contribution in [1.82, 2.24) is 0 Å². The number of para-hydroxylation sites is 1. The summed E-state index contributed by atoms with van der Waals surface area (Å²) in [6.45, 7) is 0. The van der Waals surface area contributed by atoms with E-state index in [1.807, 2.05) is 29.6 Å². The number of carbonyl (C=O) groups excluding carboxylic acids is 1. The van der Waals surface area contributed by atoms with Crippen molar-refractivity contribution in [2.45, 2.75) is 4.90 Å². The minimum atomic E-state index is -3.79. The van der Waals surface area contributed by atoms with Gasteiger partial charge in [-0.3, -0.25) is 9.52 Å². The van der Waals surface area contributed by atoms with Crippen molar-refractivity contribution >= 4 is 48.7 Å². The van der Waals surface area contributed by atoms with Gasteiger partial charge in [0.15, 0.2) is 0 Å². The number of benzene rings is 3. The van der Waals surface area contributed by atoms with Crippen LogP contribution in [0.25, 0.3) is 10.1 Å². The molecular weight excluding hydrogens is 392 g/mol. The molecule has 0 saturated carbocycles. The summed E-state index contributed by atoms with van der Waals surface area (Å²) >= 11 is 1.63. The van der Waals surface area contributed by atoms with Crippen LogP contribution in [0, 0.1) is 0 Å². The van der Waals surface area contributed by atoms with Gasteiger partial charge in [-0.1, -0.05) is 30.3 Å². The highest BCUT2D eigenvalue weighted by Gasteiger charge is 2.18. The van der Waals surface area contributed by atoms with E-state index in [1.54, 1.807) is 53.8 Å². The van der Waals surface area contributed by atoms with Crippen LogP contribution in [-0.2, 0) is 10.0 Å². The highest BCUT2D eigenvalue weighted by atomic mass is 32.2. The summed E-state index contributed by atoms with van der Waals surface area (Å²) in [6.07, 6.45) is 0. The molecule has 2 N–H and O–H groups in total. The Hall–Kier alpha value is -3.16. The van der Waals surface area contributed by atoms with Crippen molar-refractivity contribution in [3.63, 3.8) is 0 Å². The third-order valence-corrected chi connectivity index (χ3v) is 6.46. The Morgan fingerprint density at radius 2 is 1.61 bits per heavy atom. The molecule has 0 aliphatic heterocycles. The molecule has 5 nitrogen and oxygen atoms in total. The second-order valence-electron chi connectivity index (χ2n) is 6.09. The molecule has 0 saturated heterocycles. The average Bonchev–Trinajstić information content (AvgIpc) is 3.16. The van der Waals surface area contributed by atoms with Gasteiger partial charge < -0.3 is 5.32 Å². The maximum atomic E-state index is 12.8. The van der Waals surface area contributed by atoms with Crippen LogP contribution in [0.2, 0.25) is 0 Å². The molecule has 0 bridgehead atoms. The van der Waals surface area contributed by atoms with Crippen molar-refractivity contribution in [2.75, 3.05) is 10.0 Å². The van der Waals surface area contributed by atoms with Crippen molar-refractivity contribution in [3.05, 3.63) is 89.8 Å². The minimum Gasteiger partial charge on any atom is -0.322 e. The summed E-state index contributed by atoms with van der Waals surface area (Å²) in [6, 6.07) is 22.2. The van der Waals surface area contributed by atoms with Crippen LogP contribution in [0.4, 0.5) is 11.4 Å². The number of sulfonamides is 1. The molecule has 4 rings (SSSR count). The van der Waals surface area contributed by atoms with Gasteiger partial charge in [-0.25, -0.2) is 8.42 Å². The van der Waals surface area contributed by atoms with Crippen molar-refractivity contribution in [3.8, 4) is 0 Å². The Kier molecular flexibility index (Phi) is 4.85. The molecule has 0 spiro atoms. The number of hydrogen-bond acceptors (Lipinski definition) is 4. The fourth-order valence-electron chi connectivity index (χ4n) is 2.82. The van der Waals surface area contributed by atoms with E-state index in [0.717, 1.165) is 10.1 Å². The second-order valence-corrected chi connectivity index (χ2v) is 8.72. The highest BCUT2D eigenvalue weighted by molar-refractivity contribution is 7.92. The lowest BCUT2D eigenvalue weighted by atomic mass is 10.1. The number of thiophene rings is 1. The van der Waals surface area contributed by atoms with Crippen LogP contribution in [0.5, 0.6) is 0 Å². The smallest absolute Gasteiger partial charge is 0.261 e. The number of amides is 1. The van der Waals surface area contributed by atoms with E-state index in [1.165, 1.54) is 12.1 Å². The molecule has 7 heteroatoms. The molecule has 3 aromatic carbocycles. The molecule has 0 atom stereocenters. The lowest BCUT2D eigenvalue weighted by molar-refractivity contribution is 0.102. The summed E-state index contributed by atoms with van der Waals surface area (Å²) in [7, 11) is -3.79. The Morgan fingerprint density at radius 1 is 0.857 bits per heavy atom. The summed E-state index contributed by atoms with van der Waals surface area (Å²) in [5.74, 6) is -0.388. The fourth-order valence-corrected chi connectivity index (χ4v) is 4.69. The van der Waals surface area contributed by atoms with Gasteiger partial charge in [0, 0.05) is 10.4 Å². The van der Waals surface area contributed by atoms with Gasteiger partial charge in [0.05, 0.1) is 16.1 Å². The van der Waals surface area contributed by atoms with Crippen LogP contribution in [0.3, 0.4) is 0 Å². The van der Waals surface area contributed by atoms with E-state index in [0.29, 0.717) is 5.69 Å². The quantitative estimate of drug-likeness (QED) is 0.490. The van der Waals surface area contributed by atoms with Crippen LogP contribution in [-0.4, -0.2) is 14.3 Å². The van der Waals surface area contributed by atoms with E-state index < -0.39 is 10.0 Å². The Labute approximate surface area is 166 Å². The molecule has 1 aromatic heterocycles. The normalized spacial score (nSPS) is 11.3. The minimum absolute atomic E-state index is 0.133. The van der Waals surface area contributed by atoms with Gasteiger partial charge >= 0.3 is 0 Å². The fraction of sp³-hybridized carbons (Fsp3) is 0. The summed E-state index contributed by atoms with van der Waals surface area (Å²) in [5, 5.41) is 5.87. The maximum Gasteiger partial charge on any atom is 0.261 e. The largest absolute Gasteiger partial charge is 0.322 e. The molecular formula is C21H16N2O3S2. The predicted molar refractivity (Wildman–Crippen MR) is 113 cm³/mol. The molecule has 140 valence electrons. The van der Waals surface area contributed by atoms with E-state index >= 15 is 0 Å². The van der Waals surface area contributed by atoms with Gasteiger partial charge in [-0.15, -0.1) is 11.3 Å². The first-order valence-electron chi connectivity index (χ1n) is 8.48. The number of hydrogen-bond donors (Lipinski definition) is 2. The first kappa shape index (κ1) is 18.2. The third-order valence-electron chi connectivity index (χ3n) is 4.18. The third kappa shape index (κ3) is 3.76. The number of carbonyl (C=O) groups is 1. The summed E-state index contributed by atoms with van der Waals surface area (Å²) in [4.78, 5) is 12.9. The zero-order chi connectivity index (χ0) is 19.6.